The third kappa shape index (κ3) is 5.54. The van der Waals surface area contributed by atoms with Crippen LogP contribution in [0.5, 0.6) is 0 Å². The maximum Gasteiger partial charge on any atom is 0.320 e. The fourth-order valence-corrected chi connectivity index (χ4v) is 2.42. The molecule has 26 heavy (non-hydrogen) atoms. The predicted octanol–water partition coefficient (Wildman–Crippen LogP) is 1.98. The monoisotopic (exact) mass is 367 g/mol. The normalized spacial score (nSPS) is 11.5. The van der Waals surface area contributed by atoms with E-state index in [1.54, 1.807) is 13.8 Å². The zero-order chi connectivity index (χ0) is 19.7. The Kier molecular flexibility index (Phi) is 8.20. The minimum atomic E-state index is -1.39. The van der Waals surface area contributed by atoms with Gasteiger partial charge in [-0.25, -0.2) is 0 Å². The molecule has 9 heteroatoms. The van der Waals surface area contributed by atoms with E-state index < -0.39 is 34.7 Å². The molecule has 0 amide bonds. The quantitative estimate of drug-likeness (QED) is 0.213. The molecule has 0 aliphatic carbocycles. The number of carbonyl (C=O) groups excluding carboxylic acids is 3. The number of nitro groups is 1. The van der Waals surface area contributed by atoms with E-state index in [0.29, 0.717) is 5.56 Å². The SMILES string of the molecule is CCOC(=O)C(C(=O)OCC)[C@@H](CC(=O)OC)c1ccc([N+](=O)[O-])cc1. The van der Waals surface area contributed by atoms with E-state index in [1.807, 2.05) is 0 Å². The van der Waals surface area contributed by atoms with Crippen molar-refractivity contribution in [3.05, 3.63) is 39.9 Å². The summed E-state index contributed by atoms with van der Waals surface area (Å²) in [6.07, 6.45) is -0.295. The summed E-state index contributed by atoms with van der Waals surface area (Å²) < 4.78 is 14.5. The highest BCUT2D eigenvalue weighted by atomic mass is 16.6. The molecule has 142 valence electrons. The summed E-state index contributed by atoms with van der Waals surface area (Å²) >= 11 is 0. The van der Waals surface area contributed by atoms with Gasteiger partial charge in [-0.2, -0.15) is 0 Å². The van der Waals surface area contributed by atoms with Crippen LogP contribution in [0.3, 0.4) is 0 Å². The maximum absolute atomic E-state index is 12.3. The zero-order valence-electron chi connectivity index (χ0n) is 14.8. The first-order valence-electron chi connectivity index (χ1n) is 8.00. The molecule has 1 atom stereocenters. The van der Waals surface area contributed by atoms with E-state index in [2.05, 4.69) is 4.74 Å². The van der Waals surface area contributed by atoms with Crippen molar-refractivity contribution in [2.75, 3.05) is 20.3 Å². The average Bonchev–Trinajstić information content (AvgIpc) is 2.61. The fraction of sp³-hybridized carbons (Fsp3) is 0.471. The molecule has 0 aromatic heterocycles. The Hall–Kier alpha value is -2.97. The third-order valence-corrected chi connectivity index (χ3v) is 3.63. The van der Waals surface area contributed by atoms with E-state index in [4.69, 9.17) is 9.47 Å². The van der Waals surface area contributed by atoms with Gasteiger partial charge in [0.15, 0.2) is 5.92 Å². The highest BCUT2D eigenvalue weighted by Gasteiger charge is 2.40. The summed E-state index contributed by atoms with van der Waals surface area (Å²) in [7, 11) is 1.18. The summed E-state index contributed by atoms with van der Waals surface area (Å²) in [5.41, 5.74) is 0.224. The number of hydrogen-bond donors (Lipinski definition) is 0. The molecule has 0 saturated carbocycles. The molecule has 0 aliphatic rings. The molecule has 1 aromatic carbocycles. The fourth-order valence-electron chi connectivity index (χ4n) is 2.42. The Morgan fingerprint density at radius 3 is 1.92 bits per heavy atom. The standard InChI is InChI=1S/C17H21NO8/c1-4-25-16(20)15(17(21)26-5-2)13(10-14(19)24-3)11-6-8-12(9-7-11)18(22)23/h6-9,13,15H,4-5,10H2,1-3H3/t13-/m0/s1. The summed E-state index contributed by atoms with van der Waals surface area (Å²) in [6, 6.07) is 5.23. The van der Waals surface area contributed by atoms with Crippen molar-refractivity contribution in [3.63, 3.8) is 0 Å². The van der Waals surface area contributed by atoms with Crippen LogP contribution < -0.4 is 0 Å². The van der Waals surface area contributed by atoms with Crippen molar-refractivity contribution >= 4 is 23.6 Å². The van der Waals surface area contributed by atoms with Crippen molar-refractivity contribution in [2.45, 2.75) is 26.2 Å². The number of rotatable bonds is 9. The molecule has 0 aliphatic heterocycles. The van der Waals surface area contributed by atoms with Gasteiger partial charge in [-0.05, 0) is 19.4 Å². The molecule has 0 radical (unpaired) electrons. The number of carbonyl (C=O) groups is 3. The van der Waals surface area contributed by atoms with Crippen LogP contribution in [0.25, 0.3) is 0 Å². The Labute approximate surface area is 150 Å². The van der Waals surface area contributed by atoms with Gasteiger partial charge in [0.1, 0.15) is 0 Å². The van der Waals surface area contributed by atoms with Crippen LogP contribution in [-0.4, -0.2) is 43.2 Å². The van der Waals surface area contributed by atoms with Gasteiger partial charge in [0.05, 0.1) is 31.7 Å². The first-order chi connectivity index (χ1) is 12.3. The van der Waals surface area contributed by atoms with Crippen molar-refractivity contribution < 1.29 is 33.5 Å². The van der Waals surface area contributed by atoms with E-state index in [1.165, 1.54) is 31.4 Å². The van der Waals surface area contributed by atoms with Crippen LogP contribution in [0.1, 0.15) is 31.7 Å². The smallest absolute Gasteiger partial charge is 0.320 e. The predicted molar refractivity (Wildman–Crippen MR) is 89.2 cm³/mol. The van der Waals surface area contributed by atoms with Crippen LogP contribution in [0.2, 0.25) is 0 Å². The number of non-ortho nitro benzene ring substituents is 1. The van der Waals surface area contributed by atoms with E-state index in [9.17, 15) is 24.5 Å². The molecule has 1 aromatic rings. The lowest BCUT2D eigenvalue weighted by atomic mass is 9.83. The van der Waals surface area contributed by atoms with Crippen molar-refractivity contribution in [1.82, 2.24) is 0 Å². The minimum Gasteiger partial charge on any atom is -0.469 e. The molecular weight excluding hydrogens is 346 g/mol. The summed E-state index contributed by atoms with van der Waals surface area (Å²) in [5, 5.41) is 10.8. The van der Waals surface area contributed by atoms with Gasteiger partial charge < -0.3 is 14.2 Å². The first-order valence-corrected chi connectivity index (χ1v) is 8.00. The van der Waals surface area contributed by atoms with Gasteiger partial charge in [0.2, 0.25) is 0 Å². The number of methoxy groups -OCH3 is 1. The van der Waals surface area contributed by atoms with E-state index in [-0.39, 0.29) is 25.3 Å². The van der Waals surface area contributed by atoms with Gasteiger partial charge in [0.25, 0.3) is 5.69 Å². The zero-order valence-corrected chi connectivity index (χ0v) is 14.8. The summed E-state index contributed by atoms with van der Waals surface area (Å²) in [6.45, 7) is 3.25. The lowest BCUT2D eigenvalue weighted by Gasteiger charge is -2.23. The van der Waals surface area contributed by atoms with Gasteiger partial charge in [-0.15, -0.1) is 0 Å². The van der Waals surface area contributed by atoms with Crippen molar-refractivity contribution in [3.8, 4) is 0 Å². The van der Waals surface area contributed by atoms with Gasteiger partial charge in [-0.1, -0.05) is 12.1 Å². The van der Waals surface area contributed by atoms with Gasteiger partial charge in [-0.3, -0.25) is 24.5 Å². The first kappa shape index (κ1) is 21.1. The lowest BCUT2D eigenvalue weighted by molar-refractivity contribution is -0.384. The number of ether oxygens (including phenoxy) is 3. The molecule has 0 heterocycles. The third-order valence-electron chi connectivity index (χ3n) is 3.63. The van der Waals surface area contributed by atoms with E-state index >= 15 is 0 Å². The number of esters is 3. The highest BCUT2D eigenvalue weighted by Crippen LogP contribution is 2.32. The Balaban J connectivity index is 3.33. The molecule has 0 unspecified atom stereocenters. The number of nitro benzene ring substituents is 1. The van der Waals surface area contributed by atoms with Crippen LogP contribution in [0.4, 0.5) is 5.69 Å². The second-order valence-corrected chi connectivity index (χ2v) is 5.22. The minimum absolute atomic E-state index is 0.0416. The maximum atomic E-state index is 12.3. The Morgan fingerprint density at radius 2 is 1.54 bits per heavy atom. The number of benzene rings is 1. The largest absolute Gasteiger partial charge is 0.469 e. The lowest BCUT2D eigenvalue weighted by Crippen LogP contribution is -2.34. The van der Waals surface area contributed by atoms with E-state index in [0.717, 1.165) is 0 Å². The average molecular weight is 367 g/mol. The van der Waals surface area contributed by atoms with Crippen molar-refractivity contribution in [2.24, 2.45) is 5.92 Å². The Bertz CT molecular complexity index is 637. The summed E-state index contributed by atoms with van der Waals surface area (Å²) in [5.74, 6) is -4.65. The van der Waals surface area contributed by atoms with Crippen molar-refractivity contribution in [1.29, 1.82) is 0 Å². The second-order valence-electron chi connectivity index (χ2n) is 5.22. The molecular formula is C17H21NO8. The molecule has 9 nitrogen and oxygen atoms in total. The molecule has 0 spiro atoms. The van der Waals surface area contributed by atoms with Crippen LogP contribution in [0, 0.1) is 16.0 Å². The van der Waals surface area contributed by atoms with Crippen LogP contribution in [0.15, 0.2) is 24.3 Å². The molecule has 0 saturated heterocycles. The molecule has 0 N–H and O–H groups in total. The number of hydrogen-bond acceptors (Lipinski definition) is 8. The number of nitrogens with zero attached hydrogens (tertiary/aromatic N) is 1. The van der Waals surface area contributed by atoms with Gasteiger partial charge >= 0.3 is 17.9 Å². The topological polar surface area (TPSA) is 122 Å². The Morgan fingerprint density at radius 1 is 1.04 bits per heavy atom. The van der Waals surface area contributed by atoms with Crippen LogP contribution in [-0.2, 0) is 28.6 Å². The van der Waals surface area contributed by atoms with Crippen LogP contribution >= 0.6 is 0 Å². The molecule has 1 rings (SSSR count). The summed E-state index contributed by atoms with van der Waals surface area (Å²) in [4.78, 5) is 46.7. The van der Waals surface area contributed by atoms with Gasteiger partial charge in [0, 0.05) is 18.1 Å². The second kappa shape index (κ2) is 10.1. The highest BCUT2D eigenvalue weighted by molar-refractivity contribution is 5.96. The molecule has 0 bridgehead atoms. The molecule has 0 fully saturated rings.